The first-order valence-corrected chi connectivity index (χ1v) is 8.41. The van der Waals surface area contributed by atoms with Gasteiger partial charge in [0.15, 0.2) is 0 Å². The van der Waals surface area contributed by atoms with E-state index in [1.54, 1.807) is 24.1 Å². The Morgan fingerprint density at radius 3 is 2.48 bits per heavy atom. The molecule has 0 aliphatic carbocycles. The normalized spacial score (nSPS) is 18.1. The maximum Gasteiger partial charge on any atom is 0.243 e. The quantitative estimate of drug-likeness (QED) is 0.911. The zero-order valence-corrected chi connectivity index (χ0v) is 14.4. The molecule has 1 N–H and O–H groups in total. The smallest absolute Gasteiger partial charge is 0.243 e. The maximum absolute atomic E-state index is 12.8. The van der Waals surface area contributed by atoms with E-state index in [0.717, 1.165) is 11.3 Å². The summed E-state index contributed by atoms with van der Waals surface area (Å²) in [6.45, 7) is 1.95. The summed E-state index contributed by atoms with van der Waals surface area (Å²) in [6.07, 6.45) is 0.905. The summed E-state index contributed by atoms with van der Waals surface area (Å²) in [6, 6.07) is 16.4. The lowest BCUT2D eigenvalue weighted by Crippen LogP contribution is -2.45. The third kappa shape index (κ3) is 3.65. The fourth-order valence-electron chi connectivity index (χ4n) is 3.13. The van der Waals surface area contributed by atoms with Crippen LogP contribution < -0.4 is 15.0 Å². The number of rotatable bonds is 5. The number of hydrogen-bond donors (Lipinski definition) is 1. The van der Waals surface area contributed by atoms with Crippen molar-refractivity contribution in [3.05, 3.63) is 60.2 Å². The van der Waals surface area contributed by atoms with Gasteiger partial charge in [0.05, 0.1) is 13.2 Å². The van der Waals surface area contributed by atoms with Crippen LogP contribution in [0.2, 0.25) is 0 Å². The van der Waals surface area contributed by atoms with Crippen LogP contribution in [0.5, 0.6) is 5.75 Å². The molecule has 1 aliphatic heterocycles. The Balaban J connectivity index is 1.75. The highest BCUT2D eigenvalue weighted by Gasteiger charge is 2.37. The van der Waals surface area contributed by atoms with E-state index in [1.165, 1.54) is 0 Å². The Labute approximate surface area is 147 Å². The predicted molar refractivity (Wildman–Crippen MR) is 96.5 cm³/mol. The second kappa shape index (κ2) is 7.38. The first-order chi connectivity index (χ1) is 12.1. The van der Waals surface area contributed by atoms with Crippen molar-refractivity contribution in [2.75, 3.05) is 12.0 Å². The summed E-state index contributed by atoms with van der Waals surface area (Å²) in [5.41, 5.74) is 1.76. The molecular formula is C20H22N2O3. The SMILES string of the molecule is COc1ccc(N2C(=O)CCC2C(=O)NC(C)c2ccccc2)cc1. The topological polar surface area (TPSA) is 58.6 Å². The van der Waals surface area contributed by atoms with Crippen LogP contribution in [-0.4, -0.2) is 25.0 Å². The molecule has 25 heavy (non-hydrogen) atoms. The minimum absolute atomic E-state index is 0.0299. The Bertz CT molecular complexity index is 743. The van der Waals surface area contributed by atoms with Crippen molar-refractivity contribution in [1.29, 1.82) is 0 Å². The lowest BCUT2D eigenvalue weighted by Gasteiger charge is -2.26. The van der Waals surface area contributed by atoms with Gasteiger partial charge in [0, 0.05) is 12.1 Å². The molecule has 1 saturated heterocycles. The fourth-order valence-corrected chi connectivity index (χ4v) is 3.13. The summed E-state index contributed by atoms with van der Waals surface area (Å²) >= 11 is 0. The van der Waals surface area contributed by atoms with Crippen molar-refractivity contribution in [2.24, 2.45) is 0 Å². The molecular weight excluding hydrogens is 316 g/mol. The second-order valence-electron chi connectivity index (χ2n) is 6.16. The van der Waals surface area contributed by atoms with E-state index in [2.05, 4.69) is 5.32 Å². The molecule has 1 heterocycles. The summed E-state index contributed by atoms with van der Waals surface area (Å²) < 4.78 is 5.15. The van der Waals surface area contributed by atoms with Crippen LogP contribution in [0.4, 0.5) is 5.69 Å². The zero-order chi connectivity index (χ0) is 17.8. The average molecular weight is 338 g/mol. The number of hydrogen-bond acceptors (Lipinski definition) is 3. The van der Waals surface area contributed by atoms with Crippen LogP contribution >= 0.6 is 0 Å². The van der Waals surface area contributed by atoms with Gasteiger partial charge in [-0.15, -0.1) is 0 Å². The Morgan fingerprint density at radius 1 is 1.16 bits per heavy atom. The molecule has 1 fully saturated rings. The summed E-state index contributed by atoms with van der Waals surface area (Å²) in [4.78, 5) is 26.7. The Hall–Kier alpha value is -2.82. The van der Waals surface area contributed by atoms with Gasteiger partial charge in [-0.2, -0.15) is 0 Å². The van der Waals surface area contributed by atoms with Crippen molar-refractivity contribution in [2.45, 2.75) is 31.8 Å². The summed E-state index contributed by atoms with van der Waals surface area (Å²) in [7, 11) is 1.59. The maximum atomic E-state index is 12.8. The van der Waals surface area contributed by atoms with E-state index in [-0.39, 0.29) is 17.9 Å². The Morgan fingerprint density at radius 2 is 1.84 bits per heavy atom. The van der Waals surface area contributed by atoms with Crippen LogP contribution in [0.1, 0.15) is 31.4 Å². The number of anilines is 1. The number of carbonyl (C=O) groups excluding carboxylic acids is 2. The highest BCUT2D eigenvalue weighted by molar-refractivity contribution is 6.03. The third-order valence-electron chi connectivity index (χ3n) is 4.52. The van der Waals surface area contributed by atoms with Gasteiger partial charge in [-0.05, 0) is 43.2 Å². The molecule has 2 aromatic rings. The van der Waals surface area contributed by atoms with Gasteiger partial charge in [0.25, 0.3) is 0 Å². The van der Waals surface area contributed by atoms with Gasteiger partial charge in [-0.1, -0.05) is 30.3 Å². The van der Waals surface area contributed by atoms with E-state index in [1.807, 2.05) is 49.4 Å². The number of nitrogens with one attached hydrogen (secondary N) is 1. The summed E-state index contributed by atoms with van der Waals surface area (Å²) in [5, 5.41) is 3.02. The predicted octanol–water partition coefficient (Wildman–Crippen LogP) is 3.07. The zero-order valence-electron chi connectivity index (χ0n) is 14.4. The molecule has 2 amide bonds. The van der Waals surface area contributed by atoms with E-state index < -0.39 is 6.04 Å². The molecule has 130 valence electrons. The standard InChI is InChI=1S/C20H22N2O3/c1-14(15-6-4-3-5-7-15)21-20(24)18-12-13-19(23)22(18)16-8-10-17(25-2)11-9-16/h3-11,14,18H,12-13H2,1-2H3,(H,21,24). The second-order valence-corrected chi connectivity index (χ2v) is 6.16. The number of carbonyl (C=O) groups is 2. The highest BCUT2D eigenvalue weighted by Crippen LogP contribution is 2.29. The molecule has 5 heteroatoms. The van der Waals surface area contributed by atoms with Gasteiger partial charge < -0.3 is 10.1 Å². The average Bonchev–Trinajstić information content (AvgIpc) is 3.04. The van der Waals surface area contributed by atoms with Crippen molar-refractivity contribution >= 4 is 17.5 Å². The molecule has 0 bridgehead atoms. The monoisotopic (exact) mass is 338 g/mol. The van der Waals surface area contributed by atoms with Crippen molar-refractivity contribution in [3.63, 3.8) is 0 Å². The molecule has 2 aromatic carbocycles. The van der Waals surface area contributed by atoms with Gasteiger partial charge >= 0.3 is 0 Å². The van der Waals surface area contributed by atoms with Gasteiger partial charge in [0.2, 0.25) is 11.8 Å². The van der Waals surface area contributed by atoms with Crippen molar-refractivity contribution in [1.82, 2.24) is 5.32 Å². The van der Waals surface area contributed by atoms with E-state index >= 15 is 0 Å². The minimum Gasteiger partial charge on any atom is -0.497 e. The van der Waals surface area contributed by atoms with Crippen LogP contribution in [0.15, 0.2) is 54.6 Å². The molecule has 0 aromatic heterocycles. The Kier molecular flexibility index (Phi) is 5.03. The highest BCUT2D eigenvalue weighted by atomic mass is 16.5. The minimum atomic E-state index is -0.480. The molecule has 1 aliphatic rings. The molecule has 2 atom stereocenters. The third-order valence-corrected chi connectivity index (χ3v) is 4.52. The fraction of sp³-hybridized carbons (Fsp3) is 0.300. The van der Waals surface area contributed by atoms with Crippen LogP contribution in [-0.2, 0) is 9.59 Å². The van der Waals surface area contributed by atoms with E-state index in [4.69, 9.17) is 4.74 Å². The lowest BCUT2D eigenvalue weighted by atomic mass is 10.1. The molecule has 0 radical (unpaired) electrons. The van der Waals surface area contributed by atoms with Crippen LogP contribution in [0.25, 0.3) is 0 Å². The molecule has 0 saturated carbocycles. The number of methoxy groups -OCH3 is 1. The molecule has 2 unspecified atom stereocenters. The lowest BCUT2D eigenvalue weighted by molar-refractivity contribution is -0.124. The van der Waals surface area contributed by atoms with Gasteiger partial charge in [-0.25, -0.2) is 0 Å². The van der Waals surface area contributed by atoms with Crippen molar-refractivity contribution < 1.29 is 14.3 Å². The number of nitrogens with zero attached hydrogens (tertiary/aromatic N) is 1. The first-order valence-electron chi connectivity index (χ1n) is 8.41. The van der Waals surface area contributed by atoms with Gasteiger partial charge in [0.1, 0.15) is 11.8 Å². The van der Waals surface area contributed by atoms with Crippen LogP contribution in [0.3, 0.4) is 0 Å². The largest absolute Gasteiger partial charge is 0.497 e. The van der Waals surface area contributed by atoms with E-state index in [9.17, 15) is 9.59 Å². The summed E-state index contributed by atoms with van der Waals surface area (Å²) in [5.74, 6) is 0.560. The van der Waals surface area contributed by atoms with Crippen LogP contribution in [0, 0.1) is 0 Å². The number of amides is 2. The first kappa shape index (κ1) is 17.0. The van der Waals surface area contributed by atoms with E-state index in [0.29, 0.717) is 18.6 Å². The molecule has 0 spiro atoms. The van der Waals surface area contributed by atoms with Crippen molar-refractivity contribution in [3.8, 4) is 5.75 Å². The number of benzene rings is 2. The number of ether oxygens (including phenoxy) is 1. The molecule has 5 nitrogen and oxygen atoms in total. The van der Waals surface area contributed by atoms with Gasteiger partial charge in [-0.3, -0.25) is 14.5 Å². The molecule has 3 rings (SSSR count).